The Hall–Kier alpha value is -2.63. The van der Waals surface area contributed by atoms with Crippen molar-refractivity contribution in [1.29, 1.82) is 0 Å². The predicted molar refractivity (Wildman–Crippen MR) is 69.4 cm³/mol. The van der Waals surface area contributed by atoms with E-state index in [-0.39, 0.29) is 5.82 Å². The molecule has 0 aliphatic carbocycles. The minimum atomic E-state index is -0.343. The second-order valence-electron chi connectivity index (χ2n) is 4.08. The fourth-order valence-electron chi connectivity index (χ4n) is 1.81. The molecular formula is C13H12FN5. The molecule has 0 aliphatic rings. The summed E-state index contributed by atoms with van der Waals surface area (Å²) in [6.07, 6.45) is 6.58. The van der Waals surface area contributed by atoms with Crippen molar-refractivity contribution in [2.45, 2.75) is 6.54 Å². The predicted octanol–water partition coefficient (Wildman–Crippen LogP) is 2.35. The van der Waals surface area contributed by atoms with Crippen LogP contribution in [-0.4, -0.2) is 19.7 Å². The number of hydrogen-bond acceptors (Lipinski definition) is 3. The highest BCUT2D eigenvalue weighted by Gasteiger charge is 2.06. The lowest BCUT2D eigenvalue weighted by molar-refractivity contribution is 0.611. The number of hydrogen-bond donors (Lipinski definition) is 2. The van der Waals surface area contributed by atoms with Gasteiger partial charge in [0.15, 0.2) is 5.82 Å². The van der Waals surface area contributed by atoms with E-state index in [9.17, 15) is 4.39 Å². The summed E-state index contributed by atoms with van der Waals surface area (Å²) < 4.78 is 15.3. The van der Waals surface area contributed by atoms with Gasteiger partial charge in [-0.15, -0.1) is 0 Å². The third-order valence-corrected chi connectivity index (χ3v) is 2.77. The fourth-order valence-corrected chi connectivity index (χ4v) is 1.81. The summed E-state index contributed by atoms with van der Waals surface area (Å²) in [6, 6.07) is 6.90. The molecule has 2 aromatic heterocycles. The molecular weight excluding hydrogens is 245 g/mol. The van der Waals surface area contributed by atoms with E-state index >= 15 is 0 Å². The third-order valence-electron chi connectivity index (χ3n) is 2.77. The topological polar surface area (TPSA) is 58.5 Å². The number of rotatable bonds is 4. The zero-order valence-corrected chi connectivity index (χ0v) is 10.0. The Morgan fingerprint density at radius 1 is 1.32 bits per heavy atom. The number of nitrogens with zero attached hydrogens (tertiary/aromatic N) is 3. The Balaban J connectivity index is 1.76. The van der Waals surface area contributed by atoms with Crippen LogP contribution in [0.2, 0.25) is 0 Å². The van der Waals surface area contributed by atoms with Gasteiger partial charge in [0, 0.05) is 24.6 Å². The second kappa shape index (κ2) is 4.93. The van der Waals surface area contributed by atoms with Gasteiger partial charge in [-0.25, -0.2) is 14.1 Å². The first-order valence-electron chi connectivity index (χ1n) is 5.83. The van der Waals surface area contributed by atoms with Gasteiger partial charge in [-0.1, -0.05) is 0 Å². The summed E-state index contributed by atoms with van der Waals surface area (Å²) in [5.41, 5.74) is 2.22. The first-order chi connectivity index (χ1) is 9.33. The van der Waals surface area contributed by atoms with Crippen LogP contribution >= 0.6 is 0 Å². The van der Waals surface area contributed by atoms with Crippen molar-refractivity contribution in [1.82, 2.24) is 19.7 Å². The summed E-state index contributed by atoms with van der Waals surface area (Å²) in [5, 5.41) is 7.06. The number of halogens is 1. The van der Waals surface area contributed by atoms with Gasteiger partial charge in [0.25, 0.3) is 0 Å². The van der Waals surface area contributed by atoms with Gasteiger partial charge >= 0.3 is 0 Å². The number of H-pyrrole nitrogens is 1. The van der Waals surface area contributed by atoms with Crippen molar-refractivity contribution in [2.24, 2.45) is 0 Å². The molecule has 0 radical (unpaired) electrons. The minimum Gasteiger partial charge on any atom is -0.381 e. The van der Waals surface area contributed by atoms with Crippen LogP contribution < -0.4 is 5.32 Å². The van der Waals surface area contributed by atoms with Crippen LogP contribution in [-0.2, 0) is 6.54 Å². The van der Waals surface area contributed by atoms with Gasteiger partial charge in [0.2, 0.25) is 0 Å². The summed E-state index contributed by atoms with van der Waals surface area (Å²) in [7, 11) is 0. The molecule has 96 valence electrons. The van der Waals surface area contributed by atoms with E-state index in [2.05, 4.69) is 20.4 Å². The third kappa shape index (κ3) is 2.47. The number of anilines is 1. The molecule has 0 fully saturated rings. The van der Waals surface area contributed by atoms with Crippen LogP contribution in [0.1, 0.15) is 5.56 Å². The quantitative estimate of drug-likeness (QED) is 0.754. The Bertz CT molecular complexity index is 646. The maximum atomic E-state index is 13.9. The van der Waals surface area contributed by atoms with Crippen LogP contribution in [0.15, 0.2) is 49.3 Å². The molecule has 0 unspecified atom stereocenters. The van der Waals surface area contributed by atoms with E-state index in [0.29, 0.717) is 12.2 Å². The molecule has 0 amide bonds. The Morgan fingerprint density at radius 3 is 2.95 bits per heavy atom. The molecule has 0 spiro atoms. The van der Waals surface area contributed by atoms with Gasteiger partial charge in [-0.2, -0.15) is 5.10 Å². The summed E-state index contributed by atoms with van der Waals surface area (Å²) >= 11 is 0. The molecule has 0 saturated heterocycles. The van der Waals surface area contributed by atoms with Crippen LogP contribution in [0.4, 0.5) is 10.1 Å². The number of benzene rings is 1. The molecule has 2 heterocycles. The zero-order valence-electron chi connectivity index (χ0n) is 10.0. The molecule has 3 rings (SSSR count). The Morgan fingerprint density at radius 2 is 2.26 bits per heavy atom. The van der Waals surface area contributed by atoms with Gasteiger partial charge in [0.05, 0.1) is 0 Å². The average molecular weight is 257 g/mol. The van der Waals surface area contributed by atoms with E-state index in [0.717, 1.165) is 11.3 Å². The highest BCUT2D eigenvalue weighted by atomic mass is 19.1. The molecule has 6 heteroatoms. The minimum absolute atomic E-state index is 0.343. The van der Waals surface area contributed by atoms with E-state index in [4.69, 9.17) is 0 Å². The molecule has 0 atom stereocenters. The summed E-state index contributed by atoms with van der Waals surface area (Å²) in [6.45, 7) is 0.644. The van der Waals surface area contributed by atoms with Crippen LogP contribution in [0, 0.1) is 5.82 Å². The maximum absolute atomic E-state index is 13.9. The lowest BCUT2D eigenvalue weighted by Gasteiger charge is -2.08. The van der Waals surface area contributed by atoms with Gasteiger partial charge in [-0.05, 0) is 29.8 Å². The molecule has 19 heavy (non-hydrogen) atoms. The van der Waals surface area contributed by atoms with Gasteiger partial charge in [0.1, 0.15) is 18.3 Å². The van der Waals surface area contributed by atoms with E-state index < -0.39 is 0 Å². The standard InChI is InChI=1S/C13H12FN5/c14-12-5-11(17-7-10-3-4-15-6-10)1-2-13(12)19-9-16-8-18-19/h1-6,8-9,15,17H,7H2. The Labute approximate surface area is 109 Å². The monoisotopic (exact) mass is 257 g/mol. The van der Waals surface area contributed by atoms with Gasteiger partial charge < -0.3 is 10.3 Å². The van der Waals surface area contributed by atoms with E-state index in [1.54, 1.807) is 6.07 Å². The lowest BCUT2D eigenvalue weighted by Crippen LogP contribution is -2.02. The number of aromatic nitrogens is 4. The number of aromatic amines is 1. The van der Waals surface area contributed by atoms with Gasteiger partial charge in [-0.3, -0.25) is 0 Å². The van der Waals surface area contributed by atoms with Crippen LogP contribution in [0.5, 0.6) is 0 Å². The smallest absolute Gasteiger partial charge is 0.150 e. The molecule has 0 aliphatic heterocycles. The highest BCUT2D eigenvalue weighted by molar-refractivity contribution is 5.49. The highest BCUT2D eigenvalue weighted by Crippen LogP contribution is 2.17. The van der Waals surface area contributed by atoms with Crippen LogP contribution in [0.25, 0.3) is 5.69 Å². The second-order valence-corrected chi connectivity index (χ2v) is 4.08. The molecule has 0 saturated carbocycles. The van der Waals surface area contributed by atoms with Crippen molar-refractivity contribution >= 4 is 5.69 Å². The van der Waals surface area contributed by atoms with Crippen LogP contribution in [0.3, 0.4) is 0 Å². The SMILES string of the molecule is Fc1cc(NCc2cc[nH]c2)ccc1-n1cncn1. The zero-order chi connectivity index (χ0) is 13.1. The Kier molecular flexibility index (Phi) is 2.97. The summed E-state index contributed by atoms with van der Waals surface area (Å²) in [4.78, 5) is 6.77. The first-order valence-corrected chi connectivity index (χ1v) is 5.83. The van der Waals surface area contributed by atoms with Crippen molar-refractivity contribution in [2.75, 3.05) is 5.32 Å². The van der Waals surface area contributed by atoms with E-state index in [1.807, 2.05) is 24.5 Å². The molecule has 1 aromatic carbocycles. The summed E-state index contributed by atoms with van der Waals surface area (Å²) in [5.74, 6) is -0.343. The largest absolute Gasteiger partial charge is 0.381 e. The normalized spacial score (nSPS) is 10.6. The van der Waals surface area contributed by atoms with Crippen molar-refractivity contribution in [3.8, 4) is 5.69 Å². The maximum Gasteiger partial charge on any atom is 0.150 e. The first kappa shape index (κ1) is 11.5. The van der Waals surface area contributed by atoms with Crippen molar-refractivity contribution < 1.29 is 4.39 Å². The van der Waals surface area contributed by atoms with Crippen molar-refractivity contribution in [3.63, 3.8) is 0 Å². The lowest BCUT2D eigenvalue weighted by atomic mass is 10.2. The molecule has 2 N–H and O–H groups in total. The molecule has 0 bridgehead atoms. The number of nitrogens with one attached hydrogen (secondary N) is 2. The van der Waals surface area contributed by atoms with E-state index in [1.165, 1.54) is 23.4 Å². The molecule has 5 nitrogen and oxygen atoms in total. The van der Waals surface area contributed by atoms with Crippen molar-refractivity contribution in [3.05, 3.63) is 60.7 Å². The fraction of sp³-hybridized carbons (Fsp3) is 0.0769. The molecule has 3 aromatic rings. The average Bonchev–Trinajstić information content (AvgIpc) is 3.10.